The van der Waals surface area contributed by atoms with Gasteiger partial charge in [0.15, 0.2) is 0 Å². The molecule has 0 bridgehead atoms. The number of piperazine rings is 1. The molecule has 0 aliphatic carbocycles. The summed E-state index contributed by atoms with van der Waals surface area (Å²) in [5.41, 5.74) is 1.37. The van der Waals surface area contributed by atoms with Crippen LogP contribution in [0.3, 0.4) is 0 Å². The molecule has 1 fully saturated rings. The van der Waals surface area contributed by atoms with E-state index in [2.05, 4.69) is 66.2 Å². The molecule has 0 atom stereocenters. The van der Waals surface area contributed by atoms with Crippen LogP contribution in [0.2, 0.25) is 0 Å². The second kappa shape index (κ2) is 8.96. The van der Waals surface area contributed by atoms with Gasteiger partial charge in [-0.15, -0.1) is 0 Å². The maximum Gasteiger partial charge on any atom is 0.407 e. The zero-order chi connectivity index (χ0) is 21.1. The number of anilines is 1. The van der Waals surface area contributed by atoms with Gasteiger partial charge in [0.25, 0.3) is 0 Å². The Hall–Kier alpha value is -2.73. The van der Waals surface area contributed by atoms with Crippen LogP contribution in [-0.4, -0.2) is 47.3 Å². The van der Waals surface area contributed by atoms with Gasteiger partial charge in [-0.1, -0.05) is 43.8 Å². The summed E-state index contributed by atoms with van der Waals surface area (Å²) in [5, 5.41) is 11.5. The van der Waals surface area contributed by atoms with E-state index in [9.17, 15) is 9.90 Å². The van der Waals surface area contributed by atoms with Crippen LogP contribution >= 0.6 is 11.8 Å². The van der Waals surface area contributed by atoms with E-state index in [1.807, 2.05) is 12.3 Å². The molecular weight excluding hydrogens is 394 g/mol. The predicted octanol–water partition coefficient (Wildman–Crippen LogP) is 5.38. The van der Waals surface area contributed by atoms with Crippen molar-refractivity contribution in [3.8, 4) is 0 Å². The van der Waals surface area contributed by atoms with Crippen LogP contribution in [0.5, 0.6) is 0 Å². The van der Waals surface area contributed by atoms with Crippen LogP contribution in [0.25, 0.3) is 10.8 Å². The number of pyridine rings is 1. The van der Waals surface area contributed by atoms with Crippen LogP contribution < -0.4 is 4.90 Å². The summed E-state index contributed by atoms with van der Waals surface area (Å²) in [7, 11) is 0. The fraction of sp³-hybridized carbons (Fsp3) is 0.333. The predicted molar refractivity (Wildman–Crippen MR) is 123 cm³/mol. The van der Waals surface area contributed by atoms with Crippen molar-refractivity contribution in [2.45, 2.75) is 30.1 Å². The molecule has 1 aliphatic heterocycles. The quantitative estimate of drug-likeness (QED) is 0.599. The van der Waals surface area contributed by atoms with E-state index >= 15 is 0 Å². The third-order valence-corrected chi connectivity index (χ3v) is 6.37. The first-order valence-electron chi connectivity index (χ1n) is 10.4. The average Bonchev–Trinajstić information content (AvgIpc) is 2.74. The van der Waals surface area contributed by atoms with Crippen molar-refractivity contribution >= 4 is 34.4 Å². The molecule has 5 nitrogen and oxygen atoms in total. The van der Waals surface area contributed by atoms with Crippen LogP contribution in [0.1, 0.15) is 19.4 Å². The monoisotopic (exact) mass is 421 g/mol. The van der Waals surface area contributed by atoms with Gasteiger partial charge in [-0.2, -0.15) is 0 Å². The highest BCUT2D eigenvalue weighted by atomic mass is 32.2. The minimum Gasteiger partial charge on any atom is -0.465 e. The van der Waals surface area contributed by atoms with Gasteiger partial charge in [0.1, 0.15) is 5.82 Å². The minimum atomic E-state index is -0.848. The summed E-state index contributed by atoms with van der Waals surface area (Å²) in [6.07, 6.45) is 2.09. The normalized spacial score (nSPS) is 14.5. The second-order valence-electron chi connectivity index (χ2n) is 8.12. The van der Waals surface area contributed by atoms with Crippen LogP contribution in [0.4, 0.5) is 10.6 Å². The third-order valence-electron chi connectivity index (χ3n) is 5.37. The van der Waals surface area contributed by atoms with Crippen molar-refractivity contribution in [2.75, 3.05) is 31.1 Å². The van der Waals surface area contributed by atoms with E-state index < -0.39 is 6.09 Å². The Morgan fingerprint density at radius 1 is 1.03 bits per heavy atom. The van der Waals surface area contributed by atoms with Gasteiger partial charge in [0, 0.05) is 47.6 Å². The van der Waals surface area contributed by atoms with Crippen LogP contribution in [0, 0.1) is 5.92 Å². The molecular formula is C24H27N3O2S. The number of rotatable bonds is 5. The average molecular weight is 422 g/mol. The first-order valence-corrected chi connectivity index (χ1v) is 11.2. The Morgan fingerprint density at radius 2 is 1.73 bits per heavy atom. The Bertz CT molecular complexity index is 1030. The minimum absolute atomic E-state index is 0.505. The fourth-order valence-electron chi connectivity index (χ4n) is 3.86. The first kappa shape index (κ1) is 20.5. The second-order valence-corrected chi connectivity index (χ2v) is 9.27. The van der Waals surface area contributed by atoms with Crippen LogP contribution in [0.15, 0.2) is 64.5 Å². The molecule has 4 rings (SSSR count). The van der Waals surface area contributed by atoms with E-state index in [0.717, 1.165) is 23.0 Å². The van der Waals surface area contributed by atoms with Crippen molar-refractivity contribution in [3.63, 3.8) is 0 Å². The van der Waals surface area contributed by atoms with E-state index in [1.54, 1.807) is 11.8 Å². The Morgan fingerprint density at radius 3 is 2.40 bits per heavy atom. The zero-order valence-electron chi connectivity index (χ0n) is 17.4. The summed E-state index contributed by atoms with van der Waals surface area (Å²) in [6, 6.07) is 17.4. The molecule has 2 aromatic carbocycles. The van der Waals surface area contributed by atoms with Gasteiger partial charge in [-0.05, 0) is 53.6 Å². The van der Waals surface area contributed by atoms with Gasteiger partial charge in [-0.3, -0.25) is 0 Å². The summed E-state index contributed by atoms with van der Waals surface area (Å²) in [6.45, 7) is 6.81. The molecule has 3 aromatic rings. The molecule has 0 saturated carbocycles. The summed E-state index contributed by atoms with van der Waals surface area (Å²) in [5.74, 6) is 1.60. The number of amides is 1. The molecule has 1 aromatic heterocycles. The van der Waals surface area contributed by atoms with Gasteiger partial charge >= 0.3 is 6.09 Å². The van der Waals surface area contributed by atoms with Crippen molar-refractivity contribution in [2.24, 2.45) is 5.92 Å². The molecule has 6 heteroatoms. The number of nitrogens with zero attached hydrogens (tertiary/aromatic N) is 3. The van der Waals surface area contributed by atoms with Gasteiger partial charge < -0.3 is 14.9 Å². The number of carbonyl (C=O) groups is 1. The van der Waals surface area contributed by atoms with E-state index in [-0.39, 0.29) is 0 Å². The van der Waals surface area contributed by atoms with Crippen molar-refractivity contribution in [3.05, 3.63) is 60.3 Å². The van der Waals surface area contributed by atoms with Gasteiger partial charge in [0.05, 0.1) is 0 Å². The molecule has 0 radical (unpaired) electrons. The number of aromatic nitrogens is 1. The Balaban J connectivity index is 1.55. The number of carboxylic acid groups (broad SMARTS) is 1. The molecule has 30 heavy (non-hydrogen) atoms. The highest BCUT2D eigenvalue weighted by Gasteiger charge is 2.22. The molecule has 1 aliphatic rings. The molecule has 1 N–H and O–H groups in total. The summed E-state index contributed by atoms with van der Waals surface area (Å²) in [4.78, 5) is 21.9. The topological polar surface area (TPSA) is 56.7 Å². The SMILES string of the molecule is CC(C)Cc1ccc(Sc2ccc3ccnc(N4CCN(C(=O)O)CC4)c3c2)cc1. The molecule has 156 valence electrons. The number of hydrogen-bond acceptors (Lipinski definition) is 4. The molecule has 1 saturated heterocycles. The molecule has 0 spiro atoms. The maximum atomic E-state index is 11.2. The Kier molecular flexibility index (Phi) is 6.13. The van der Waals surface area contributed by atoms with Gasteiger partial charge in [0.2, 0.25) is 0 Å². The van der Waals surface area contributed by atoms with E-state index in [4.69, 9.17) is 0 Å². The number of fused-ring (bicyclic) bond motifs is 1. The fourth-order valence-corrected chi connectivity index (χ4v) is 4.72. The highest BCUT2D eigenvalue weighted by Crippen LogP contribution is 2.33. The lowest BCUT2D eigenvalue weighted by Crippen LogP contribution is -2.48. The first-order chi connectivity index (χ1) is 14.5. The Labute approximate surface area is 181 Å². The van der Waals surface area contributed by atoms with E-state index in [1.165, 1.54) is 20.3 Å². The molecule has 1 amide bonds. The summed E-state index contributed by atoms with van der Waals surface area (Å²) < 4.78 is 0. The standard InChI is InChI=1S/C24H27N3O2S/c1-17(2)15-18-3-6-20(7-4-18)30-21-8-5-19-9-10-25-23(22(19)16-21)26-11-13-27(14-12-26)24(28)29/h3-10,16-17H,11-15H2,1-2H3,(H,28,29). The lowest BCUT2D eigenvalue weighted by Gasteiger charge is -2.34. The van der Waals surface area contributed by atoms with Crippen molar-refractivity contribution < 1.29 is 9.90 Å². The maximum absolute atomic E-state index is 11.2. The van der Waals surface area contributed by atoms with Crippen molar-refractivity contribution in [1.29, 1.82) is 0 Å². The highest BCUT2D eigenvalue weighted by molar-refractivity contribution is 7.99. The number of hydrogen-bond donors (Lipinski definition) is 1. The molecule has 2 heterocycles. The lowest BCUT2D eigenvalue weighted by atomic mass is 10.0. The largest absolute Gasteiger partial charge is 0.465 e. The van der Waals surface area contributed by atoms with E-state index in [0.29, 0.717) is 32.1 Å². The smallest absolute Gasteiger partial charge is 0.407 e. The molecule has 0 unspecified atom stereocenters. The zero-order valence-corrected chi connectivity index (χ0v) is 18.2. The summed E-state index contributed by atoms with van der Waals surface area (Å²) >= 11 is 1.76. The van der Waals surface area contributed by atoms with Crippen molar-refractivity contribution in [1.82, 2.24) is 9.88 Å². The third kappa shape index (κ3) is 4.70. The van der Waals surface area contributed by atoms with Gasteiger partial charge in [-0.25, -0.2) is 9.78 Å². The number of benzene rings is 2. The van der Waals surface area contributed by atoms with Crippen LogP contribution in [-0.2, 0) is 6.42 Å². The lowest BCUT2D eigenvalue weighted by molar-refractivity contribution is 0.142.